The Hall–Kier alpha value is -1.03. The summed E-state index contributed by atoms with van der Waals surface area (Å²) >= 11 is 13.5. The molecule has 0 aromatic carbocycles. The van der Waals surface area contributed by atoms with Gasteiger partial charge in [-0.3, -0.25) is 4.57 Å². The lowest BCUT2D eigenvalue weighted by Gasteiger charge is -2.37. The molecule has 34 heavy (non-hydrogen) atoms. The van der Waals surface area contributed by atoms with E-state index in [2.05, 4.69) is 48.8 Å². The average molecular weight is 562 g/mol. The lowest BCUT2D eigenvalue weighted by molar-refractivity contribution is -0.0460. The smallest absolute Gasteiger partial charge is 0.220 e. The molecule has 1 fully saturated rings. The lowest BCUT2D eigenvalue weighted by Crippen LogP contribution is -2.45. The molecule has 9 nitrogen and oxygen atoms in total. The van der Waals surface area contributed by atoms with Crippen molar-refractivity contribution in [3.05, 3.63) is 12.7 Å². The molecular formula is C20H31N5O4S4Si. The fourth-order valence-electron chi connectivity index (χ4n) is 3.22. The van der Waals surface area contributed by atoms with E-state index in [-0.39, 0.29) is 10.9 Å². The maximum atomic E-state index is 6.51. The minimum absolute atomic E-state index is 0.0429. The molecule has 2 aromatic rings. The van der Waals surface area contributed by atoms with Crippen molar-refractivity contribution in [1.29, 1.82) is 0 Å². The number of nitrogens with two attached hydrogens (primary N) is 1. The van der Waals surface area contributed by atoms with Crippen LogP contribution in [-0.2, 0) is 18.6 Å². The van der Waals surface area contributed by atoms with Gasteiger partial charge in [0.2, 0.25) is 8.77 Å². The zero-order chi connectivity index (χ0) is 25.3. The van der Waals surface area contributed by atoms with E-state index in [0.717, 1.165) is 0 Å². The number of thiocarbonyl (C=S) groups is 2. The Morgan fingerprint density at radius 2 is 1.74 bits per heavy atom. The number of hydrogen-bond donors (Lipinski definition) is 1. The Kier molecular flexibility index (Phi) is 8.85. The normalized spacial score (nSPS) is 23.3. The van der Waals surface area contributed by atoms with Gasteiger partial charge in [-0.15, -0.1) is 0 Å². The summed E-state index contributed by atoms with van der Waals surface area (Å²) in [5, 5.41) is 0.0429. The van der Waals surface area contributed by atoms with E-state index >= 15 is 0 Å². The molecular weight excluding hydrogens is 531 g/mol. The summed E-state index contributed by atoms with van der Waals surface area (Å²) in [7, 11) is -2.05. The van der Waals surface area contributed by atoms with Crippen LogP contribution in [0.3, 0.4) is 0 Å². The summed E-state index contributed by atoms with van der Waals surface area (Å²) in [4.78, 5) is 12.8. The molecule has 1 aliphatic rings. The van der Waals surface area contributed by atoms with Gasteiger partial charge in [0.15, 0.2) is 38.2 Å². The van der Waals surface area contributed by atoms with E-state index in [1.165, 1.54) is 29.9 Å². The van der Waals surface area contributed by atoms with E-state index in [9.17, 15) is 0 Å². The van der Waals surface area contributed by atoms with Gasteiger partial charge in [-0.25, -0.2) is 15.0 Å². The van der Waals surface area contributed by atoms with Crippen LogP contribution < -0.4 is 5.73 Å². The number of imidazole rings is 1. The number of ether oxygens (including phenoxy) is 3. The number of thioether (sulfide) groups is 2. The molecule has 0 bridgehead atoms. The minimum Gasteiger partial charge on any atom is -0.468 e. The molecule has 0 radical (unpaired) electrons. The Labute approximate surface area is 220 Å². The van der Waals surface area contributed by atoms with E-state index < -0.39 is 32.9 Å². The first kappa shape index (κ1) is 27.6. The topological polar surface area (TPSA) is 107 Å². The van der Waals surface area contributed by atoms with Gasteiger partial charge in [0, 0.05) is 0 Å². The Bertz CT molecular complexity index is 1050. The zero-order valence-corrected chi connectivity index (χ0v) is 24.6. The van der Waals surface area contributed by atoms with Crippen molar-refractivity contribution >= 4 is 82.0 Å². The average Bonchev–Trinajstić information content (AvgIpc) is 3.34. The third-order valence-electron chi connectivity index (χ3n) is 6.16. The van der Waals surface area contributed by atoms with Crippen LogP contribution in [0.5, 0.6) is 0 Å². The number of hydrogen-bond acceptors (Lipinski definition) is 12. The SMILES string of the molecule is CSC(=S)OC1C(OC(=S)SC)[C@@H](CO[Si](C)(C)C(C)(C)C)O[C@H]1n1cnc2c(N)ncnc21. The van der Waals surface area contributed by atoms with Crippen molar-refractivity contribution in [3.63, 3.8) is 0 Å². The van der Waals surface area contributed by atoms with Crippen molar-refractivity contribution in [2.75, 3.05) is 24.9 Å². The monoisotopic (exact) mass is 561 g/mol. The predicted octanol–water partition coefficient (Wildman–Crippen LogP) is 4.39. The first-order valence-electron chi connectivity index (χ1n) is 10.6. The van der Waals surface area contributed by atoms with Crippen LogP contribution in [0.15, 0.2) is 12.7 Å². The molecule has 1 aliphatic heterocycles. The summed E-state index contributed by atoms with van der Waals surface area (Å²) in [5.74, 6) is 0.285. The summed E-state index contributed by atoms with van der Waals surface area (Å²) < 4.78 is 27.9. The number of rotatable bonds is 6. The van der Waals surface area contributed by atoms with Gasteiger partial charge in [-0.2, -0.15) is 0 Å². The zero-order valence-electron chi connectivity index (χ0n) is 20.3. The van der Waals surface area contributed by atoms with E-state index in [0.29, 0.717) is 26.5 Å². The third kappa shape index (κ3) is 5.85. The predicted molar refractivity (Wildman–Crippen MR) is 149 cm³/mol. The fraction of sp³-hybridized carbons (Fsp3) is 0.650. The van der Waals surface area contributed by atoms with Crippen LogP contribution in [0, 0.1) is 0 Å². The van der Waals surface area contributed by atoms with E-state index in [1.54, 1.807) is 10.9 Å². The van der Waals surface area contributed by atoms with E-state index in [4.69, 9.17) is 48.8 Å². The molecule has 0 saturated carbocycles. The second kappa shape index (κ2) is 10.9. The maximum Gasteiger partial charge on any atom is 0.220 e. The van der Waals surface area contributed by atoms with Crippen LogP contribution in [0.1, 0.15) is 27.0 Å². The van der Waals surface area contributed by atoms with Gasteiger partial charge in [0.25, 0.3) is 0 Å². The molecule has 0 aliphatic carbocycles. The van der Waals surface area contributed by atoms with Crippen LogP contribution >= 0.6 is 48.0 Å². The Balaban J connectivity index is 2.00. The molecule has 1 saturated heterocycles. The largest absolute Gasteiger partial charge is 0.468 e. The fourth-order valence-corrected chi connectivity index (χ4v) is 4.87. The van der Waals surface area contributed by atoms with Crippen LogP contribution in [0.4, 0.5) is 5.82 Å². The highest BCUT2D eigenvalue weighted by molar-refractivity contribution is 8.22. The number of nitrogens with zero attached hydrogens (tertiary/aromatic N) is 4. The molecule has 14 heteroatoms. The molecule has 3 heterocycles. The molecule has 2 N–H and O–H groups in total. The second-order valence-electron chi connectivity index (χ2n) is 9.29. The number of anilines is 1. The van der Waals surface area contributed by atoms with E-state index in [1.807, 2.05) is 12.5 Å². The minimum atomic E-state index is -2.05. The third-order valence-corrected chi connectivity index (χ3v) is 12.7. The molecule has 3 rings (SSSR count). The van der Waals surface area contributed by atoms with Gasteiger partial charge in [-0.1, -0.05) is 44.3 Å². The molecule has 2 unspecified atom stereocenters. The maximum absolute atomic E-state index is 6.51. The quantitative estimate of drug-likeness (QED) is 0.399. The Morgan fingerprint density at radius 3 is 2.32 bits per heavy atom. The summed E-state index contributed by atoms with van der Waals surface area (Å²) in [5.41, 5.74) is 7.00. The summed E-state index contributed by atoms with van der Waals surface area (Å²) in [6.45, 7) is 11.3. The van der Waals surface area contributed by atoms with Gasteiger partial charge < -0.3 is 24.4 Å². The highest BCUT2D eigenvalue weighted by atomic mass is 32.2. The van der Waals surface area contributed by atoms with Gasteiger partial charge in [-0.05, 0) is 55.1 Å². The summed E-state index contributed by atoms with van der Waals surface area (Å²) in [6.07, 6.45) is 4.43. The van der Waals surface area contributed by atoms with Crippen LogP contribution in [0.25, 0.3) is 11.2 Å². The summed E-state index contributed by atoms with van der Waals surface area (Å²) in [6, 6.07) is 0. The number of fused-ring (bicyclic) bond motifs is 1. The van der Waals surface area contributed by atoms with Gasteiger partial charge in [0.1, 0.15) is 17.9 Å². The molecule has 188 valence electrons. The molecule has 0 spiro atoms. The second-order valence-corrected chi connectivity index (χ2v) is 16.9. The number of aromatic nitrogens is 4. The van der Waals surface area contributed by atoms with Gasteiger partial charge in [0.05, 0.1) is 12.9 Å². The van der Waals surface area contributed by atoms with Crippen LogP contribution in [-0.4, -0.2) is 74.0 Å². The molecule has 2 aromatic heterocycles. The van der Waals surface area contributed by atoms with Crippen molar-refractivity contribution in [3.8, 4) is 0 Å². The molecule has 4 atom stereocenters. The first-order chi connectivity index (χ1) is 15.9. The Morgan fingerprint density at radius 1 is 1.12 bits per heavy atom. The van der Waals surface area contributed by atoms with Crippen molar-refractivity contribution in [1.82, 2.24) is 19.5 Å². The van der Waals surface area contributed by atoms with Crippen molar-refractivity contribution in [2.45, 2.75) is 63.4 Å². The number of nitrogen functional groups attached to an aromatic ring is 1. The van der Waals surface area contributed by atoms with Gasteiger partial charge >= 0.3 is 0 Å². The van der Waals surface area contributed by atoms with Crippen molar-refractivity contribution in [2.24, 2.45) is 0 Å². The first-order valence-corrected chi connectivity index (χ1v) is 16.8. The highest BCUT2D eigenvalue weighted by Gasteiger charge is 2.51. The lowest BCUT2D eigenvalue weighted by atomic mass is 10.1. The van der Waals surface area contributed by atoms with Crippen LogP contribution in [0.2, 0.25) is 18.1 Å². The highest BCUT2D eigenvalue weighted by Crippen LogP contribution is 2.40. The molecule has 0 amide bonds. The standard InChI is InChI=1S/C20H31N5O4S4Si/c1-20(2,3)34(6,7)26-8-11-13(28-18(30)32-4)14(29-19(31)33-5)17(27-11)25-10-24-12-15(21)22-9-23-16(12)25/h9-11,13-14,17H,8H2,1-7H3,(H2,21,22,23)/t11-,13?,14?,17-/m1/s1. The van der Waals surface area contributed by atoms with Crippen molar-refractivity contribution < 1.29 is 18.6 Å².